The molecule has 0 radical (unpaired) electrons. The van der Waals surface area contributed by atoms with Crippen molar-refractivity contribution in [1.29, 1.82) is 0 Å². The molecule has 8 nitrogen and oxygen atoms in total. The number of carbonyl (C=O) groups is 1. The summed E-state index contributed by atoms with van der Waals surface area (Å²) in [5, 5.41) is 8.30. The van der Waals surface area contributed by atoms with Crippen molar-refractivity contribution in [3.8, 4) is 22.9 Å². The molecule has 2 aromatic heterocycles. The van der Waals surface area contributed by atoms with Crippen molar-refractivity contribution in [2.75, 3.05) is 18.5 Å². The number of nitrogens with one attached hydrogen (secondary N) is 1. The predicted octanol–water partition coefficient (Wildman–Crippen LogP) is 4.24. The van der Waals surface area contributed by atoms with Crippen molar-refractivity contribution in [1.82, 2.24) is 14.8 Å². The number of fused-ring (bicyclic) bond motifs is 1. The van der Waals surface area contributed by atoms with Crippen molar-refractivity contribution in [3.63, 3.8) is 0 Å². The Morgan fingerprint density at radius 3 is 2.81 bits per heavy atom. The molecule has 0 spiro atoms. The fourth-order valence-electron chi connectivity index (χ4n) is 3.14. The lowest BCUT2D eigenvalue weighted by Crippen LogP contribution is -2.17. The van der Waals surface area contributed by atoms with E-state index in [0.717, 1.165) is 10.9 Å². The van der Waals surface area contributed by atoms with Gasteiger partial charge in [0.05, 0.1) is 22.4 Å². The number of carbonyl (C=O) groups excluding carboxylic acids is 1. The van der Waals surface area contributed by atoms with E-state index in [4.69, 9.17) is 26.8 Å². The van der Waals surface area contributed by atoms with Crippen molar-refractivity contribution in [2.24, 2.45) is 12.8 Å². The minimum atomic E-state index is -0.666. The normalized spacial score (nSPS) is 10.8. The number of aryl methyl sites for hydroxylation is 1. The first-order valence-electron chi connectivity index (χ1n) is 9.54. The van der Waals surface area contributed by atoms with Gasteiger partial charge in [0.2, 0.25) is 5.88 Å². The summed E-state index contributed by atoms with van der Waals surface area (Å²) in [6.45, 7) is 0.703. The largest absolute Gasteiger partial charge is 0.492 e. The summed E-state index contributed by atoms with van der Waals surface area (Å²) in [4.78, 5) is 16.8. The fraction of sp³-hybridized carbons (Fsp3) is 0.136. The van der Waals surface area contributed by atoms with Crippen LogP contribution in [-0.2, 0) is 7.05 Å². The molecule has 31 heavy (non-hydrogen) atoms. The topological polar surface area (TPSA) is 104 Å². The van der Waals surface area contributed by atoms with E-state index in [0.29, 0.717) is 40.9 Å². The lowest BCUT2D eigenvalue weighted by atomic mass is 10.1. The molecule has 9 heteroatoms. The summed E-state index contributed by atoms with van der Waals surface area (Å²) in [7, 11) is 1.77. The number of amides is 1. The summed E-state index contributed by atoms with van der Waals surface area (Å²) in [5.41, 5.74) is 8.12. The maximum absolute atomic E-state index is 12.4. The molecule has 4 aromatic rings. The number of nitrogens with two attached hydrogens (primary N) is 1. The Hall–Kier alpha value is -3.62. The van der Waals surface area contributed by atoms with E-state index in [1.165, 1.54) is 0 Å². The average Bonchev–Trinajstić information content (AvgIpc) is 3.10. The molecule has 0 fully saturated rings. The number of anilines is 1. The molecule has 158 valence electrons. The Kier molecular flexibility index (Phi) is 6.01. The lowest BCUT2D eigenvalue weighted by molar-refractivity contribution is 0.213. The third kappa shape index (κ3) is 4.60. The van der Waals surface area contributed by atoms with Crippen molar-refractivity contribution in [3.05, 3.63) is 65.8 Å². The second-order valence-corrected chi connectivity index (χ2v) is 7.08. The molecule has 0 atom stereocenters. The van der Waals surface area contributed by atoms with Crippen LogP contribution in [-0.4, -0.2) is 34.0 Å². The first-order chi connectivity index (χ1) is 15.0. The van der Waals surface area contributed by atoms with Gasteiger partial charge in [-0.1, -0.05) is 29.8 Å². The number of rotatable bonds is 6. The zero-order chi connectivity index (χ0) is 21.8. The molecule has 0 aliphatic rings. The van der Waals surface area contributed by atoms with Crippen LogP contribution in [0.25, 0.3) is 22.2 Å². The molecule has 0 bridgehead atoms. The first kappa shape index (κ1) is 20.6. The maximum atomic E-state index is 12.4. The molecule has 0 aliphatic carbocycles. The highest BCUT2D eigenvalue weighted by Crippen LogP contribution is 2.36. The molecule has 0 saturated heterocycles. The van der Waals surface area contributed by atoms with Crippen LogP contribution in [0.2, 0.25) is 5.02 Å². The molecule has 0 aliphatic heterocycles. The zero-order valence-electron chi connectivity index (χ0n) is 16.7. The summed E-state index contributed by atoms with van der Waals surface area (Å²) >= 11 is 6.31. The second kappa shape index (κ2) is 9.03. The van der Waals surface area contributed by atoms with Crippen molar-refractivity contribution in [2.45, 2.75) is 0 Å². The number of hydrogen-bond acceptors (Lipinski definition) is 6. The minimum Gasteiger partial charge on any atom is -0.492 e. The molecule has 0 saturated carbocycles. The van der Waals surface area contributed by atoms with E-state index in [1.54, 1.807) is 42.2 Å². The Balaban J connectivity index is 1.57. The second-order valence-electron chi connectivity index (χ2n) is 6.67. The van der Waals surface area contributed by atoms with E-state index in [9.17, 15) is 4.79 Å². The van der Waals surface area contributed by atoms with Crippen molar-refractivity contribution >= 4 is 34.3 Å². The number of ether oxygens (including phenoxy) is 2. The molecule has 2 heterocycles. The van der Waals surface area contributed by atoms with Gasteiger partial charge < -0.3 is 15.2 Å². The molecule has 4 rings (SSSR count). The summed E-state index contributed by atoms with van der Waals surface area (Å²) in [6.07, 6.45) is 0.879. The predicted molar refractivity (Wildman–Crippen MR) is 120 cm³/mol. The Morgan fingerprint density at radius 2 is 2.03 bits per heavy atom. The monoisotopic (exact) mass is 437 g/mol. The van der Waals surface area contributed by atoms with Gasteiger partial charge in [0.1, 0.15) is 12.4 Å². The number of benzene rings is 2. The van der Waals surface area contributed by atoms with Gasteiger partial charge in [-0.3, -0.25) is 10.00 Å². The standard InChI is InChI=1S/C22H20ClN5O3/c1-28-21(17(23)13-25-28)16-12-15(7-8-19(16)30-11-10-24)26-22(29)31-20-9-6-14-4-2-3-5-18(14)27-20/h2-9,12-13H,10-11,24H2,1H3,(H,26,29). The molecular weight excluding hydrogens is 418 g/mol. The number of halogens is 1. The SMILES string of the molecule is Cn1ncc(Cl)c1-c1cc(NC(=O)Oc2ccc3ccccc3n2)ccc1OCCN. The van der Waals surface area contributed by atoms with E-state index in [-0.39, 0.29) is 5.88 Å². The lowest BCUT2D eigenvalue weighted by Gasteiger charge is -2.14. The summed E-state index contributed by atoms with van der Waals surface area (Å²) in [6, 6.07) is 16.2. The Morgan fingerprint density at radius 1 is 1.19 bits per heavy atom. The van der Waals surface area contributed by atoms with Gasteiger partial charge in [-0.05, 0) is 30.3 Å². The van der Waals surface area contributed by atoms with Crippen LogP contribution in [0.3, 0.4) is 0 Å². The van der Waals surface area contributed by atoms with Crippen LogP contribution < -0.4 is 20.5 Å². The van der Waals surface area contributed by atoms with Crippen molar-refractivity contribution < 1.29 is 14.3 Å². The Labute approximate surface area is 183 Å². The molecular formula is C22H20ClN5O3. The summed E-state index contributed by atoms with van der Waals surface area (Å²) < 4.78 is 12.7. The van der Waals surface area contributed by atoms with Gasteiger partial charge >= 0.3 is 6.09 Å². The third-order valence-electron chi connectivity index (χ3n) is 4.52. The minimum absolute atomic E-state index is 0.203. The quantitative estimate of drug-likeness (QED) is 0.467. The van der Waals surface area contributed by atoms with Gasteiger partial charge in [-0.25, -0.2) is 9.78 Å². The van der Waals surface area contributed by atoms with E-state index in [1.807, 2.05) is 30.3 Å². The highest BCUT2D eigenvalue weighted by Gasteiger charge is 2.17. The van der Waals surface area contributed by atoms with Gasteiger partial charge in [0, 0.05) is 36.3 Å². The number of para-hydroxylation sites is 1. The van der Waals surface area contributed by atoms with E-state index < -0.39 is 6.09 Å². The number of hydrogen-bond donors (Lipinski definition) is 2. The number of pyridine rings is 1. The van der Waals surface area contributed by atoms with Crippen LogP contribution in [0.4, 0.5) is 10.5 Å². The van der Waals surface area contributed by atoms with E-state index in [2.05, 4.69) is 15.4 Å². The molecule has 0 unspecified atom stereocenters. The number of nitrogens with zero attached hydrogens (tertiary/aromatic N) is 3. The Bertz CT molecular complexity index is 1220. The maximum Gasteiger partial charge on any atom is 0.418 e. The van der Waals surface area contributed by atoms with Crippen LogP contribution >= 0.6 is 11.6 Å². The molecule has 2 aromatic carbocycles. The highest BCUT2D eigenvalue weighted by molar-refractivity contribution is 6.33. The van der Waals surface area contributed by atoms with Crippen LogP contribution in [0.5, 0.6) is 11.6 Å². The number of aromatic nitrogens is 3. The fourth-order valence-corrected chi connectivity index (χ4v) is 3.41. The third-order valence-corrected chi connectivity index (χ3v) is 4.80. The van der Waals surface area contributed by atoms with Crippen LogP contribution in [0, 0.1) is 0 Å². The highest BCUT2D eigenvalue weighted by atomic mass is 35.5. The average molecular weight is 438 g/mol. The van der Waals surface area contributed by atoms with Gasteiger partial charge in [0.15, 0.2) is 0 Å². The smallest absolute Gasteiger partial charge is 0.418 e. The zero-order valence-corrected chi connectivity index (χ0v) is 17.5. The van der Waals surface area contributed by atoms with E-state index >= 15 is 0 Å². The van der Waals surface area contributed by atoms with Crippen LogP contribution in [0.1, 0.15) is 0 Å². The van der Waals surface area contributed by atoms with Crippen LogP contribution in [0.15, 0.2) is 60.8 Å². The molecule has 3 N–H and O–H groups in total. The first-order valence-corrected chi connectivity index (χ1v) is 9.92. The van der Waals surface area contributed by atoms with Gasteiger partial charge in [-0.15, -0.1) is 0 Å². The molecule has 1 amide bonds. The summed E-state index contributed by atoms with van der Waals surface area (Å²) in [5.74, 6) is 0.778. The van der Waals surface area contributed by atoms with Gasteiger partial charge in [0.25, 0.3) is 0 Å². The van der Waals surface area contributed by atoms with Gasteiger partial charge in [-0.2, -0.15) is 5.10 Å².